The summed E-state index contributed by atoms with van der Waals surface area (Å²) in [6.07, 6.45) is 0.641. The molecule has 2 rings (SSSR count). The topological polar surface area (TPSA) is 65.0 Å². The molecule has 0 atom stereocenters. The first-order valence-electron chi connectivity index (χ1n) is 8.37. The van der Waals surface area contributed by atoms with Crippen molar-refractivity contribution < 1.29 is 19.0 Å². The van der Waals surface area contributed by atoms with Crippen LogP contribution in [0.15, 0.2) is 24.3 Å². The highest BCUT2D eigenvalue weighted by Gasteiger charge is 2.16. The lowest BCUT2D eigenvalue weighted by Gasteiger charge is -2.30. The van der Waals surface area contributed by atoms with E-state index in [1.807, 2.05) is 0 Å². The lowest BCUT2D eigenvalue weighted by Crippen LogP contribution is -2.47. The fraction of sp³-hybridized carbons (Fsp3) is 0.588. The Bertz CT molecular complexity index is 492. The van der Waals surface area contributed by atoms with E-state index < -0.39 is 0 Å². The zero-order valence-corrected chi connectivity index (χ0v) is 13.9. The molecule has 1 aromatic rings. The van der Waals surface area contributed by atoms with Crippen molar-refractivity contribution >= 4 is 6.03 Å². The molecular formula is C17H26FN3O3. The van der Waals surface area contributed by atoms with Gasteiger partial charge in [-0.15, -0.1) is 0 Å². The Morgan fingerprint density at radius 2 is 1.96 bits per heavy atom. The molecule has 1 fully saturated rings. The summed E-state index contributed by atoms with van der Waals surface area (Å²) in [6.45, 7) is 5.27. The summed E-state index contributed by atoms with van der Waals surface area (Å²) in [6, 6.07) is 6.07. The van der Waals surface area contributed by atoms with Crippen molar-refractivity contribution in [1.82, 2.24) is 15.1 Å². The molecule has 1 saturated heterocycles. The number of aliphatic hydroxyl groups is 1. The number of aliphatic hydroxyl groups excluding tert-OH is 1. The standard InChI is InChI=1S/C17H26FN3O3/c18-16-3-1-15(2-4-16)5-6-19-17(23)21(9-12-22)8-7-20-10-13-24-14-11-20/h1-4,22H,5-14H2,(H,19,23). The quantitative estimate of drug-likeness (QED) is 0.732. The molecule has 1 aliphatic heterocycles. The molecular weight excluding hydrogens is 313 g/mol. The van der Waals surface area contributed by atoms with E-state index in [0.717, 1.165) is 38.4 Å². The molecule has 134 valence electrons. The van der Waals surface area contributed by atoms with Crippen LogP contribution in [0, 0.1) is 5.82 Å². The highest BCUT2D eigenvalue weighted by atomic mass is 19.1. The third-order valence-electron chi connectivity index (χ3n) is 4.05. The van der Waals surface area contributed by atoms with Gasteiger partial charge in [-0.2, -0.15) is 0 Å². The number of morpholine rings is 1. The van der Waals surface area contributed by atoms with E-state index in [2.05, 4.69) is 10.2 Å². The zero-order valence-electron chi connectivity index (χ0n) is 13.9. The summed E-state index contributed by atoms with van der Waals surface area (Å²) in [5, 5.41) is 12.0. The number of carbonyl (C=O) groups excluding carboxylic acids is 1. The second-order valence-electron chi connectivity index (χ2n) is 5.77. The van der Waals surface area contributed by atoms with E-state index in [1.165, 1.54) is 12.1 Å². The van der Waals surface area contributed by atoms with E-state index in [9.17, 15) is 9.18 Å². The van der Waals surface area contributed by atoms with Crippen LogP contribution in [0.25, 0.3) is 0 Å². The maximum absolute atomic E-state index is 12.9. The number of ether oxygens (including phenoxy) is 1. The molecule has 0 saturated carbocycles. The summed E-state index contributed by atoms with van der Waals surface area (Å²) in [5.41, 5.74) is 0.971. The van der Waals surface area contributed by atoms with E-state index in [-0.39, 0.29) is 18.5 Å². The number of amides is 2. The molecule has 0 bridgehead atoms. The van der Waals surface area contributed by atoms with Crippen molar-refractivity contribution in [3.05, 3.63) is 35.6 Å². The highest BCUT2D eigenvalue weighted by Crippen LogP contribution is 2.03. The van der Waals surface area contributed by atoms with Crippen LogP contribution in [0.2, 0.25) is 0 Å². The van der Waals surface area contributed by atoms with Gasteiger partial charge in [0.25, 0.3) is 0 Å². The molecule has 6 nitrogen and oxygen atoms in total. The number of nitrogens with zero attached hydrogens (tertiary/aromatic N) is 2. The van der Waals surface area contributed by atoms with Crippen LogP contribution in [-0.2, 0) is 11.2 Å². The van der Waals surface area contributed by atoms with Gasteiger partial charge >= 0.3 is 6.03 Å². The van der Waals surface area contributed by atoms with Gasteiger partial charge < -0.3 is 20.1 Å². The van der Waals surface area contributed by atoms with Crippen LogP contribution in [0.1, 0.15) is 5.56 Å². The molecule has 2 N–H and O–H groups in total. The van der Waals surface area contributed by atoms with Gasteiger partial charge in [0.1, 0.15) is 5.82 Å². The minimum Gasteiger partial charge on any atom is -0.395 e. The minimum atomic E-state index is -0.264. The number of benzene rings is 1. The van der Waals surface area contributed by atoms with Crippen molar-refractivity contribution in [2.75, 3.05) is 59.1 Å². The third kappa shape index (κ3) is 6.43. The van der Waals surface area contributed by atoms with E-state index in [1.54, 1.807) is 17.0 Å². The van der Waals surface area contributed by atoms with Gasteiger partial charge in [0.15, 0.2) is 0 Å². The molecule has 1 aromatic carbocycles. The Balaban J connectivity index is 1.72. The molecule has 1 aliphatic rings. The van der Waals surface area contributed by atoms with Gasteiger partial charge in [0.2, 0.25) is 0 Å². The fourth-order valence-electron chi connectivity index (χ4n) is 2.60. The monoisotopic (exact) mass is 339 g/mol. The van der Waals surface area contributed by atoms with Crippen LogP contribution in [0.5, 0.6) is 0 Å². The van der Waals surface area contributed by atoms with Gasteiger partial charge in [-0.3, -0.25) is 4.90 Å². The SMILES string of the molecule is O=C(NCCc1ccc(F)cc1)N(CCO)CCN1CCOCC1. The van der Waals surface area contributed by atoms with E-state index >= 15 is 0 Å². The number of carbonyl (C=O) groups is 1. The number of urea groups is 1. The number of hydrogen-bond donors (Lipinski definition) is 2. The number of nitrogens with one attached hydrogen (secondary N) is 1. The average molecular weight is 339 g/mol. The smallest absolute Gasteiger partial charge is 0.317 e. The Morgan fingerprint density at radius 1 is 1.25 bits per heavy atom. The molecule has 0 unspecified atom stereocenters. The molecule has 2 amide bonds. The largest absolute Gasteiger partial charge is 0.395 e. The predicted molar refractivity (Wildman–Crippen MR) is 89.4 cm³/mol. The lowest BCUT2D eigenvalue weighted by molar-refractivity contribution is 0.0343. The summed E-state index contributed by atoms with van der Waals surface area (Å²) >= 11 is 0. The first-order valence-corrected chi connectivity index (χ1v) is 8.37. The molecule has 7 heteroatoms. The van der Waals surface area contributed by atoms with Crippen molar-refractivity contribution in [3.63, 3.8) is 0 Å². The van der Waals surface area contributed by atoms with Crippen LogP contribution in [0.3, 0.4) is 0 Å². The number of rotatable bonds is 8. The Hall–Kier alpha value is -1.70. The van der Waals surface area contributed by atoms with Crippen LogP contribution in [0.4, 0.5) is 9.18 Å². The number of halogens is 1. The van der Waals surface area contributed by atoms with E-state index in [4.69, 9.17) is 9.84 Å². The number of hydrogen-bond acceptors (Lipinski definition) is 4. The minimum absolute atomic E-state index is 0.0610. The molecule has 0 radical (unpaired) electrons. The summed E-state index contributed by atoms with van der Waals surface area (Å²) < 4.78 is 18.2. The van der Waals surface area contributed by atoms with Gasteiger partial charge in [-0.05, 0) is 24.1 Å². The fourth-order valence-corrected chi connectivity index (χ4v) is 2.60. The van der Waals surface area contributed by atoms with Crippen molar-refractivity contribution in [1.29, 1.82) is 0 Å². The molecule has 1 heterocycles. The maximum Gasteiger partial charge on any atom is 0.317 e. The summed E-state index contributed by atoms with van der Waals surface area (Å²) in [4.78, 5) is 16.1. The van der Waals surface area contributed by atoms with Crippen LogP contribution in [-0.4, -0.2) is 80.0 Å². The molecule has 0 spiro atoms. The third-order valence-corrected chi connectivity index (χ3v) is 4.05. The highest BCUT2D eigenvalue weighted by molar-refractivity contribution is 5.74. The summed E-state index contributed by atoms with van der Waals surface area (Å²) in [5.74, 6) is -0.264. The Kier molecular flexibility index (Phi) is 7.94. The molecule has 0 aliphatic carbocycles. The molecule has 0 aromatic heterocycles. The first kappa shape index (κ1) is 18.6. The van der Waals surface area contributed by atoms with Crippen molar-refractivity contribution in [3.8, 4) is 0 Å². The van der Waals surface area contributed by atoms with Crippen LogP contribution >= 0.6 is 0 Å². The van der Waals surface area contributed by atoms with Gasteiger partial charge in [-0.1, -0.05) is 12.1 Å². The second-order valence-corrected chi connectivity index (χ2v) is 5.77. The predicted octanol–water partition coefficient (Wildman–Crippen LogP) is 0.704. The average Bonchev–Trinajstić information content (AvgIpc) is 2.61. The van der Waals surface area contributed by atoms with Crippen molar-refractivity contribution in [2.45, 2.75) is 6.42 Å². The lowest BCUT2D eigenvalue weighted by atomic mass is 10.1. The van der Waals surface area contributed by atoms with Crippen molar-refractivity contribution in [2.24, 2.45) is 0 Å². The maximum atomic E-state index is 12.9. The van der Waals surface area contributed by atoms with Gasteiger partial charge in [0.05, 0.1) is 19.8 Å². The summed E-state index contributed by atoms with van der Waals surface area (Å²) in [7, 11) is 0. The van der Waals surface area contributed by atoms with Gasteiger partial charge in [0, 0.05) is 39.3 Å². The normalized spacial score (nSPS) is 15.2. The van der Waals surface area contributed by atoms with Gasteiger partial charge in [-0.25, -0.2) is 9.18 Å². The second kappa shape index (κ2) is 10.2. The zero-order chi connectivity index (χ0) is 17.2. The molecule has 24 heavy (non-hydrogen) atoms. The van der Waals surface area contributed by atoms with E-state index in [0.29, 0.717) is 26.1 Å². The Labute approximate surface area is 142 Å². The Morgan fingerprint density at radius 3 is 2.62 bits per heavy atom. The first-order chi connectivity index (χ1) is 11.7. The van der Waals surface area contributed by atoms with Crippen LogP contribution < -0.4 is 5.32 Å².